The predicted octanol–water partition coefficient (Wildman–Crippen LogP) is 2.77. The number of hydrogen-bond donors (Lipinski definition) is 0. The van der Waals surface area contributed by atoms with Gasteiger partial charge in [-0.15, -0.1) is 0 Å². The summed E-state index contributed by atoms with van der Waals surface area (Å²) in [6, 6.07) is 0. The molecule has 2 heteroatoms. The van der Waals surface area contributed by atoms with E-state index in [2.05, 4.69) is 29.5 Å². The summed E-state index contributed by atoms with van der Waals surface area (Å²) in [7, 11) is 0. The second-order valence-electron chi connectivity index (χ2n) is 2.86. The normalized spacial score (nSPS) is 28.8. The average molecular weight is 254 g/mol. The average Bonchev–Trinajstić information content (AvgIpc) is 2.38. The maximum Gasteiger partial charge on any atom is 0.0693 e. The molecule has 1 saturated heterocycles. The standard InChI is InChI=1S/C8H15IO/c1-2-4-7(9)8-5-3-6-10-8/h7-8H,2-6H2,1H3/t7?,8-/m0/s1. The topological polar surface area (TPSA) is 9.23 Å². The van der Waals surface area contributed by atoms with Crippen LogP contribution < -0.4 is 0 Å². The number of ether oxygens (including phenoxy) is 1. The molecule has 0 aromatic carbocycles. The van der Waals surface area contributed by atoms with Gasteiger partial charge in [0, 0.05) is 10.5 Å². The Kier molecular flexibility index (Phi) is 3.99. The van der Waals surface area contributed by atoms with Gasteiger partial charge in [-0.1, -0.05) is 35.9 Å². The summed E-state index contributed by atoms with van der Waals surface area (Å²) in [6.45, 7) is 3.23. The van der Waals surface area contributed by atoms with Crippen LogP contribution in [0.4, 0.5) is 0 Å². The minimum Gasteiger partial charge on any atom is -0.377 e. The van der Waals surface area contributed by atoms with Crippen molar-refractivity contribution < 1.29 is 4.74 Å². The first kappa shape index (κ1) is 8.78. The molecule has 1 nitrogen and oxygen atoms in total. The van der Waals surface area contributed by atoms with Gasteiger partial charge in [0.1, 0.15) is 0 Å². The number of hydrogen-bond acceptors (Lipinski definition) is 1. The van der Waals surface area contributed by atoms with Crippen molar-refractivity contribution in [2.24, 2.45) is 0 Å². The molecule has 1 fully saturated rings. The van der Waals surface area contributed by atoms with Crippen molar-refractivity contribution in [2.75, 3.05) is 6.61 Å². The van der Waals surface area contributed by atoms with E-state index in [-0.39, 0.29) is 0 Å². The fraction of sp³-hybridized carbons (Fsp3) is 1.00. The molecule has 0 N–H and O–H groups in total. The van der Waals surface area contributed by atoms with Crippen LogP contribution >= 0.6 is 22.6 Å². The van der Waals surface area contributed by atoms with Crippen LogP contribution in [0.25, 0.3) is 0 Å². The lowest BCUT2D eigenvalue weighted by Gasteiger charge is -2.15. The van der Waals surface area contributed by atoms with Gasteiger partial charge < -0.3 is 4.74 Å². The third-order valence-electron chi connectivity index (χ3n) is 1.93. The molecule has 0 saturated carbocycles. The summed E-state index contributed by atoms with van der Waals surface area (Å²) in [4.78, 5) is 0. The van der Waals surface area contributed by atoms with Crippen LogP contribution in [0.15, 0.2) is 0 Å². The largest absolute Gasteiger partial charge is 0.377 e. The van der Waals surface area contributed by atoms with Crippen LogP contribution in [0.3, 0.4) is 0 Å². The van der Waals surface area contributed by atoms with Gasteiger partial charge in [0.2, 0.25) is 0 Å². The Hall–Kier alpha value is 0.690. The van der Waals surface area contributed by atoms with Crippen molar-refractivity contribution in [3.63, 3.8) is 0 Å². The lowest BCUT2D eigenvalue weighted by Crippen LogP contribution is -2.18. The summed E-state index contributed by atoms with van der Waals surface area (Å²) >= 11 is 2.52. The molecule has 0 spiro atoms. The Morgan fingerprint density at radius 3 is 3.00 bits per heavy atom. The molecule has 1 unspecified atom stereocenters. The van der Waals surface area contributed by atoms with Crippen molar-refractivity contribution in [3.05, 3.63) is 0 Å². The molecule has 0 aromatic heterocycles. The van der Waals surface area contributed by atoms with E-state index in [4.69, 9.17) is 4.74 Å². The quantitative estimate of drug-likeness (QED) is 0.555. The lowest BCUT2D eigenvalue weighted by atomic mass is 10.1. The zero-order chi connectivity index (χ0) is 7.40. The van der Waals surface area contributed by atoms with Gasteiger partial charge in [-0.2, -0.15) is 0 Å². The van der Waals surface area contributed by atoms with E-state index in [1.807, 2.05) is 0 Å². The van der Waals surface area contributed by atoms with Crippen molar-refractivity contribution in [1.82, 2.24) is 0 Å². The van der Waals surface area contributed by atoms with Crippen LogP contribution in [0.2, 0.25) is 0 Å². The molecule has 1 aliphatic heterocycles. The van der Waals surface area contributed by atoms with Crippen LogP contribution in [0, 0.1) is 0 Å². The Labute approximate surface area is 76.7 Å². The van der Waals surface area contributed by atoms with Crippen molar-refractivity contribution in [3.8, 4) is 0 Å². The van der Waals surface area contributed by atoms with Crippen LogP contribution in [-0.2, 0) is 4.74 Å². The van der Waals surface area contributed by atoms with Gasteiger partial charge >= 0.3 is 0 Å². The van der Waals surface area contributed by atoms with E-state index in [1.54, 1.807) is 0 Å². The molecule has 1 aliphatic rings. The second kappa shape index (κ2) is 4.54. The molecule has 2 atom stereocenters. The summed E-state index contributed by atoms with van der Waals surface area (Å²) in [5, 5.41) is 0. The van der Waals surface area contributed by atoms with Gasteiger partial charge in [0.15, 0.2) is 0 Å². The second-order valence-corrected chi connectivity index (χ2v) is 4.46. The Bertz CT molecular complexity index is 89.3. The minimum atomic E-state index is 0.570. The highest BCUT2D eigenvalue weighted by atomic mass is 127. The lowest BCUT2D eigenvalue weighted by molar-refractivity contribution is 0.110. The fourth-order valence-corrected chi connectivity index (χ4v) is 2.54. The first-order chi connectivity index (χ1) is 4.84. The molecule has 0 bridgehead atoms. The van der Waals surface area contributed by atoms with Crippen LogP contribution in [-0.4, -0.2) is 16.6 Å². The zero-order valence-corrected chi connectivity index (χ0v) is 8.63. The summed E-state index contributed by atoms with van der Waals surface area (Å²) in [5.41, 5.74) is 0. The molecule has 10 heavy (non-hydrogen) atoms. The maximum absolute atomic E-state index is 5.56. The van der Waals surface area contributed by atoms with E-state index in [0.29, 0.717) is 6.10 Å². The Morgan fingerprint density at radius 2 is 2.50 bits per heavy atom. The molecule has 0 aromatic rings. The van der Waals surface area contributed by atoms with Crippen LogP contribution in [0.5, 0.6) is 0 Å². The first-order valence-electron chi connectivity index (χ1n) is 4.10. The number of halogens is 1. The highest BCUT2D eigenvalue weighted by Gasteiger charge is 2.22. The van der Waals surface area contributed by atoms with Crippen LogP contribution in [0.1, 0.15) is 32.6 Å². The monoisotopic (exact) mass is 254 g/mol. The first-order valence-corrected chi connectivity index (χ1v) is 5.35. The molecule has 0 aliphatic carbocycles. The van der Waals surface area contributed by atoms with E-state index in [0.717, 1.165) is 10.5 Å². The highest BCUT2D eigenvalue weighted by molar-refractivity contribution is 14.1. The molecule has 60 valence electrons. The number of alkyl halides is 1. The van der Waals surface area contributed by atoms with Crippen molar-refractivity contribution in [1.29, 1.82) is 0 Å². The van der Waals surface area contributed by atoms with E-state index < -0.39 is 0 Å². The highest BCUT2D eigenvalue weighted by Crippen LogP contribution is 2.24. The van der Waals surface area contributed by atoms with E-state index >= 15 is 0 Å². The van der Waals surface area contributed by atoms with Crippen molar-refractivity contribution in [2.45, 2.75) is 42.6 Å². The van der Waals surface area contributed by atoms with E-state index in [9.17, 15) is 0 Å². The SMILES string of the molecule is CCCC(I)[C@@H]1CCCO1. The molecule has 1 rings (SSSR count). The van der Waals surface area contributed by atoms with Gasteiger partial charge in [-0.3, -0.25) is 0 Å². The van der Waals surface area contributed by atoms with Gasteiger partial charge in [0.25, 0.3) is 0 Å². The van der Waals surface area contributed by atoms with Gasteiger partial charge in [-0.05, 0) is 19.3 Å². The predicted molar refractivity (Wildman–Crippen MR) is 51.7 cm³/mol. The van der Waals surface area contributed by atoms with Gasteiger partial charge in [-0.25, -0.2) is 0 Å². The van der Waals surface area contributed by atoms with Gasteiger partial charge in [0.05, 0.1) is 6.10 Å². The maximum atomic E-state index is 5.56. The Morgan fingerprint density at radius 1 is 1.70 bits per heavy atom. The third-order valence-corrected chi connectivity index (χ3v) is 3.36. The molecular formula is C8H15IO. The molecule has 0 amide bonds. The summed E-state index contributed by atoms with van der Waals surface area (Å²) in [6.07, 6.45) is 5.72. The third kappa shape index (κ3) is 2.38. The van der Waals surface area contributed by atoms with Crippen molar-refractivity contribution >= 4 is 22.6 Å². The Balaban J connectivity index is 2.18. The zero-order valence-electron chi connectivity index (χ0n) is 6.48. The molecule has 0 radical (unpaired) electrons. The molecule has 1 heterocycles. The minimum absolute atomic E-state index is 0.570. The van der Waals surface area contributed by atoms with E-state index in [1.165, 1.54) is 25.7 Å². The smallest absolute Gasteiger partial charge is 0.0693 e. The summed E-state index contributed by atoms with van der Waals surface area (Å²) in [5.74, 6) is 0. The molecular weight excluding hydrogens is 239 g/mol. The number of rotatable bonds is 3. The fourth-order valence-electron chi connectivity index (χ4n) is 1.35. The summed E-state index contributed by atoms with van der Waals surface area (Å²) < 4.78 is 6.31.